The van der Waals surface area contributed by atoms with Crippen molar-refractivity contribution < 1.29 is 30.3 Å². The molecule has 0 saturated heterocycles. The van der Waals surface area contributed by atoms with E-state index in [0.29, 0.717) is 0 Å². The van der Waals surface area contributed by atoms with Crippen molar-refractivity contribution in [3.8, 4) is 0 Å². The van der Waals surface area contributed by atoms with Crippen molar-refractivity contribution in [2.75, 3.05) is 0 Å². The fourth-order valence-electron chi connectivity index (χ4n) is 2.89. The Hall–Kier alpha value is -0.530. The molecule has 6 heteroatoms. The first-order valence-corrected chi connectivity index (χ1v) is 5.91. The van der Waals surface area contributed by atoms with Crippen LogP contribution in [0.5, 0.6) is 0 Å². The highest BCUT2D eigenvalue weighted by Crippen LogP contribution is 2.61. The molecule has 2 rings (SSSR count). The zero-order chi connectivity index (χ0) is 14.3. The normalized spacial score (nSPS) is 47.6. The molecule has 5 N–H and O–H groups in total. The summed E-state index contributed by atoms with van der Waals surface area (Å²) in [7, 11) is 0. The number of Topliss-reactive ketones (excluding diaryl/α,β-unsaturated/α-hetero) is 1. The van der Waals surface area contributed by atoms with Crippen molar-refractivity contribution >= 4 is 5.78 Å². The van der Waals surface area contributed by atoms with E-state index in [1.165, 1.54) is 27.7 Å². The van der Waals surface area contributed by atoms with Crippen molar-refractivity contribution in [3.05, 3.63) is 0 Å². The van der Waals surface area contributed by atoms with Gasteiger partial charge in [0.05, 0.1) is 11.5 Å². The molecule has 0 aromatic heterocycles. The third-order valence-electron chi connectivity index (χ3n) is 5.03. The average molecular weight is 260 g/mol. The van der Waals surface area contributed by atoms with E-state index in [4.69, 9.17) is 0 Å². The molecular formula is C12H20O6. The van der Waals surface area contributed by atoms with Crippen molar-refractivity contribution in [1.82, 2.24) is 0 Å². The van der Waals surface area contributed by atoms with Crippen LogP contribution in [0.4, 0.5) is 0 Å². The predicted molar refractivity (Wildman–Crippen MR) is 60.5 cm³/mol. The van der Waals surface area contributed by atoms with Gasteiger partial charge in [-0.15, -0.1) is 0 Å². The molecule has 0 unspecified atom stereocenters. The van der Waals surface area contributed by atoms with Gasteiger partial charge in [-0.2, -0.15) is 0 Å². The van der Waals surface area contributed by atoms with Gasteiger partial charge >= 0.3 is 0 Å². The number of carbonyl (C=O) groups excluding carboxylic acids is 1. The third kappa shape index (κ3) is 1.13. The number of rotatable bonds is 3. The Kier molecular flexibility index (Phi) is 2.42. The van der Waals surface area contributed by atoms with Crippen LogP contribution >= 0.6 is 0 Å². The third-order valence-corrected chi connectivity index (χ3v) is 5.03. The number of hydrogen-bond acceptors (Lipinski definition) is 6. The number of aliphatic hydroxyl groups is 5. The summed E-state index contributed by atoms with van der Waals surface area (Å²) < 4.78 is 0. The van der Waals surface area contributed by atoms with E-state index in [-0.39, 0.29) is 0 Å². The molecule has 2 aliphatic carbocycles. The van der Waals surface area contributed by atoms with E-state index >= 15 is 0 Å². The Morgan fingerprint density at radius 3 is 1.61 bits per heavy atom. The highest BCUT2D eigenvalue weighted by Gasteiger charge is 2.82. The van der Waals surface area contributed by atoms with Gasteiger partial charge in [-0.05, 0) is 13.8 Å². The Balaban J connectivity index is 2.23. The Morgan fingerprint density at radius 2 is 1.39 bits per heavy atom. The average Bonchev–Trinajstić information content (AvgIpc) is 2.88. The Morgan fingerprint density at radius 1 is 1.06 bits per heavy atom. The highest BCUT2D eigenvalue weighted by atomic mass is 16.4. The molecule has 2 aliphatic rings. The maximum atomic E-state index is 11.5. The molecule has 2 fully saturated rings. The molecule has 0 radical (unpaired) electrons. The van der Waals surface area contributed by atoms with Crippen molar-refractivity contribution in [2.24, 2.45) is 10.8 Å². The van der Waals surface area contributed by atoms with E-state index in [9.17, 15) is 30.3 Å². The highest BCUT2D eigenvalue weighted by molar-refractivity contribution is 6.11. The molecule has 2 saturated carbocycles. The monoisotopic (exact) mass is 260 g/mol. The Labute approximate surface area is 105 Å². The van der Waals surface area contributed by atoms with Crippen molar-refractivity contribution in [2.45, 2.75) is 57.2 Å². The summed E-state index contributed by atoms with van der Waals surface area (Å²) in [6, 6.07) is 0. The SMILES string of the molecule is CC1(C)[C@@H](O)[C@@]1(O)[C@@H](O)[C@H](O)[C@@]1(O)C(=O)C1(C)C. The van der Waals surface area contributed by atoms with Crippen LogP contribution in [0.3, 0.4) is 0 Å². The van der Waals surface area contributed by atoms with Gasteiger partial charge in [0.25, 0.3) is 0 Å². The van der Waals surface area contributed by atoms with Crippen LogP contribution in [0.1, 0.15) is 27.7 Å². The first-order valence-electron chi connectivity index (χ1n) is 5.91. The molecule has 6 nitrogen and oxygen atoms in total. The van der Waals surface area contributed by atoms with E-state index in [2.05, 4.69) is 0 Å². The maximum Gasteiger partial charge on any atom is 0.177 e. The minimum atomic E-state index is -2.07. The number of hydrogen-bond donors (Lipinski definition) is 5. The van der Waals surface area contributed by atoms with Gasteiger partial charge in [0, 0.05) is 5.41 Å². The second kappa shape index (κ2) is 3.13. The van der Waals surface area contributed by atoms with E-state index < -0.39 is 46.1 Å². The van der Waals surface area contributed by atoms with Gasteiger partial charge in [0.1, 0.15) is 17.8 Å². The smallest absolute Gasteiger partial charge is 0.177 e. The summed E-state index contributed by atoms with van der Waals surface area (Å²) in [5.41, 5.74) is -6.14. The summed E-state index contributed by atoms with van der Waals surface area (Å²) in [5, 5.41) is 49.7. The van der Waals surface area contributed by atoms with Gasteiger partial charge in [0.2, 0.25) is 0 Å². The van der Waals surface area contributed by atoms with Crippen molar-refractivity contribution in [3.63, 3.8) is 0 Å². The minimum absolute atomic E-state index is 0.585. The molecule has 0 aromatic rings. The second-order valence-corrected chi connectivity index (χ2v) is 6.56. The summed E-state index contributed by atoms with van der Waals surface area (Å²) >= 11 is 0. The molecular weight excluding hydrogens is 240 g/mol. The largest absolute Gasteiger partial charge is 0.389 e. The molecule has 0 bridgehead atoms. The van der Waals surface area contributed by atoms with Crippen LogP contribution in [-0.2, 0) is 4.79 Å². The van der Waals surface area contributed by atoms with Crippen LogP contribution < -0.4 is 0 Å². The summed E-state index contributed by atoms with van der Waals surface area (Å²) in [6.07, 6.45) is -4.84. The van der Waals surface area contributed by atoms with Gasteiger partial charge in [0.15, 0.2) is 11.4 Å². The molecule has 18 heavy (non-hydrogen) atoms. The lowest BCUT2D eigenvalue weighted by Gasteiger charge is -2.29. The zero-order valence-corrected chi connectivity index (χ0v) is 10.9. The first kappa shape index (κ1) is 13.9. The molecule has 0 spiro atoms. The summed E-state index contributed by atoms with van der Waals surface area (Å²) in [6.45, 7) is 5.95. The van der Waals surface area contributed by atoms with E-state index in [0.717, 1.165) is 0 Å². The number of ketones is 1. The zero-order valence-electron chi connectivity index (χ0n) is 10.9. The van der Waals surface area contributed by atoms with Gasteiger partial charge in [-0.1, -0.05) is 13.8 Å². The molecule has 0 heterocycles. The lowest BCUT2D eigenvalue weighted by atomic mass is 9.91. The lowest BCUT2D eigenvalue weighted by Crippen LogP contribution is -2.52. The topological polar surface area (TPSA) is 118 Å². The van der Waals surface area contributed by atoms with E-state index in [1.54, 1.807) is 0 Å². The number of aliphatic hydroxyl groups excluding tert-OH is 3. The van der Waals surface area contributed by atoms with Crippen LogP contribution in [0.25, 0.3) is 0 Å². The first-order chi connectivity index (χ1) is 7.87. The van der Waals surface area contributed by atoms with Crippen molar-refractivity contribution in [1.29, 1.82) is 0 Å². The fourth-order valence-corrected chi connectivity index (χ4v) is 2.89. The van der Waals surface area contributed by atoms with Crippen LogP contribution in [0, 0.1) is 10.8 Å². The molecule has 0 aromatic carbocycles. The van der Waals surface area contributed by atoms with Gasteiger partial charge in [-0.3, -0.25) is 4.79 Å². The summed E-state index contributed by atoms with van der Waals surface area (Å²) in [5.74, 6) is -0.585. The van der Waals surface area contributed by atoms with Crippen LogP contribution in [0.2, 0.25) is 0 Å². The Bertz CT molecular complexity index is 417. The molecule has 0 amide bonds. The predicted octanol–water partition coefficient (Wildman–Crippen LogP) is -1.82. The molecule has 5 atom stereocenters. The quantitative estimate of drug-likeness (QED) is 0.408. The number of carbonyl (C=O) groups is 1. The van der Waals surface area contributed by atoms with Gasteiger partial charge in [-0.25, -0.2) is 0 Å². The van der Waals surface area contributed by atoms with Crippen LogP contribution in [-0.4, -0.2) is 60.8 Å². The summed E-state index contributed by atoms with van der Waals surface area (Å²) in [4.78, 5) is 11.5. The van der Waals surface area contributed by atoms with E-state index in [1.807, 2.05) is 0 Å². The molecule has 104 valence electrons. The van der Waals surface area contributed by atoms with Gasteiger partial charge < -0.3 is 25.5 Å². The molecule has 0 aliphatic heterocycles. The maximum absolute atomic E-state index is 11.5. The minimum Gasteiger partial charge on any atom is -0.389 e. The second-order valence-electron chi connectivity index (χ2n) is 6.56. The lowest BCUT2D eigenvalue weighted by molar-refractivity contribution is -0.153. The fraction of sp³-hybridized carbons (Fsp3) is 0.917. The standard InChI is InChI=1S/C12H20O6/c1-9(2)7(15)11(9,17)5(13)6(14)12(18)8(16)10(12,3)4/h5-7,13-15,17-18H,1-4H3/t5-,6-,7+,11-,12+/m0/s1. The van der Waals surface area contributed by atoms with Crippen LogP contribution in [0.15, 0.2) is 0 Å².